The normalized spacial score (nSPS) is 30.2. The number of rotatable bonds is 5. The molecule has 4 aliphatic rings. The van der Waals surface area contributed by atoms with Crippen molar-refractivity contribution >= 4 is 23.6 Å². The highest BCUT2D eigenvalue weighted by atomic mass is 16.2. The van der Waals surface area contributed by atoms with Crippen LogP contribution in [-0.2, 0) is 16.1 Å². The van der Waals surface area contributed by atoms with Gasteiger partial charge in [-0.15, -0.1) is 0 Å². The highest BCUT2D eigenvalue weighted by Crippen LogP contribution is 2.42. The fraction of sp³-hybridized carbons (Fsp3) is 0.583. The maximum absolute atomic E-state index is 13.2. The van der Waals surface area contributed by atoms with Crippen LogP contribution in [0.15, 0.2) is 18.2 Å². The third-order valence-electron chi connectivity index (χ3n) is 7.80. The van der Waals surface area contributed by atoms with E-state index in [4.69, 9.17) is 0 Å². The quantitative estimate of drug-likeness (QED) is 0.599. The SMILES string of the molecule is O=C1CCC(N2C(=O)c3cccc(CNCC4CCC5(CCNC5)CC4)c3C2=O)C(=O)N1. The Morgan fingerprint density at radius 1 is 1.03 bits per heavy atom. The Bertz CT molecular complexity index is 959. The van der Waals surface area contributed by atoms with Crippen molar-refractivity contribution < 1.29 is 19.2 Å². The van der Waals surface area contributed by atoms with Crippen LogP contribution in [0.2, 0.25) is 0 Å². The summed E-state index contributed by atoms with van der Waals surface area (Å²) in [7, 11) is 0. The molecule has 1 spiro atoms. The first-order chi connectivity index (χ1) is 15.5. The van der Waals surface area contributed by atoms with Crippen LogP contribution < -0.4 is 16.0 Å². The van der Waals surface area contributed by atoms with Crippen LogP contribution in [0.4, 0.5) is 0 Å². The first-order valence-corrected chi connectivity index (χ1v) is 11.7. The second kappa shape index (κ2) is 8.41. The van der Waals surface area contributed by atoms with Gasteiger partial charge < -0.3 is 10.6 Å². The van der Waals surface area contributed by atoms with E-state index in [1.165, 1.54) is 32.1 Å². The molecule has 3 N–H and O–H groups in total. The molecule has 32 heavy (non-hydrogen) atoms. The van der Waals surface area contributed by atoms with Crippen LogP contribution in [-0.4, -0.2) is 54.2 Å². The summed E-state index contributed by atoms with van der Waals surface area (Å²) in [6, 6.07) is 4.36. The number of benzene rings is 1. The molecular formula is C24H30N4O4. The molecule has 1 saturated carbocycles. The largest absolute Gasteiger partial charge is 0.316 e. The lowest BCUT2D eigenvalue weighted by Gasteiger charge is -2.36. The molecule has 170 valence electrons. The minimum atomic E-state index is -0.930. The topological polar surface area (TPSA) is 108 Å². The molecule has 0 bridgehead atoms. The van der Waals surface area contributed by atoms with Crippen molar-refractivity contribution in [2.24, 2.45) is 11.3 Å². The van der Waals surface area contributed by atoms with Gasteiger partial charge in [0, 0.05) is 19.5 Å². The van der Waals surface area contributed by atoms with E-state index in [1.807, 2.05) is 6.07 Å². The fourth-order valence-electron chi connectivity index (χ4n) is 5.86. The number of fused-ring (bicyclic) bond motifs is 1. The average molecular weight is 439 g/mol. The van der Waals surface area contributed by atoms with E-state index in [0.29, 0.717) is 29.0 Å². The van der Waals surface area contributed by atoms with Crippen molar-refractivity contribution in [3.8, 4) is 0 Å². The number of piperidine rings is 1. The molecule has 1 aromatic carbocycles. The molecule has 1 aliphatic carbocycles. The van der Waals surface area contributed by atoms with Gasteiger partial charge in [-0.1, -0.05) is 12.1 Å². The Morgan fingerprint density at radius 2 is 1.84 bits per heavy atom. The smallest absolute Gasteiger partial charge is 0.262 e. The Labute approximate surface area is 187 Å². The lowest BCUT2D eigenvalue weighted by Crippen LogP contribution is -2.54. The molecule has 3 aliphatic heterocycles. The van der Waals surface area contributed by atoms with Crippen molar-refractivity contribution in [3.05, 3.63) is 34.9 Å². The summed E-state index contributed by atoms with van der Waals surface area (Å²) in [5, 5.41) is 9.25. The Morgan fingerprint density at radius 3 is 2.56 bits per heavy atom. The number of hydrogen-bond acceptors (Lipinski definition) is 6. The summed E-state index contributed by atoms with van der Waals surface area (Å²) >= 11 is 0. The number of carbonyl (C=O) groups is 4. The van der Waals surface area contributed by atoms with E-state index >= 15 is 0 Å². The zero-order valence-electron chi connectivity index (χ0n) is 18.2. The van der Waals surface area contributed by atoms with Gasteiger partial charge in [-0.05, 0) is 74.6 Å². The van der Waals surface area contributed by atoms with Crippen molar-refractivity contribution in [2.75, 3.05) is 19.6 Å². The van der Waals surface area contributed by atoms with E-state index in [-0.39, 0.29) is 18.7 Å². The van der Waals surface area contributed by atoms with E-state index < -0.39 is 23.8 Å². The number of nitrogens with zero attached hydrogens (tertiary/aromatic N) is 1. The molecule has 8 heteroatoms. The minimum Gasteiger partial charge on any atom is -0.316 e. The fourth-order valence-corrected chi connectivity index (χ4v) is 5.86. The van der Waals surface area contributed by atoms with Gasteiger partial charge in [0.25, 0.3) is 11.8 Å². The van der Waals surface area contributed by atoms with Crippen molar-refractivity contribution in [1.29, 1.82) is 0 Å². The van der Waals surface area contributed by atoms with E-state index in [2.05, 4.69) is 16.0 Å². The zero-order valence-corrected chi connectivity index (χ0v) is 18.2. The zero-order chi connectivity index (χ0) is 22.3. The molecule has 1 aromatic rings. The van der Waals surface area contributed by atoms with Gasteiger partial charge in [0.15, 0.2) is 0 Å². The molecule has 2 saturated heterocycles. The van der Waals surface area contributed by atoms with Gasteiger partial charge in [-0.2, -0.15) is 0 Å². The van der Waals surface area contributed by atoms with Crippen LogP contribution in [0, 0.1) is 11.3 Å². The lowest BCUT2D eigenvalue weighted by atomic mass is 9.70. The first-order valence-electron chi connectivity index (χ1n) is 11.7. The first kappa shape index (κ1) is 21.3. The maximum atomic E-state index is 13.2. The van der Waals surface area contributed by atoms with Crippen LogP contribution in [0.1, 0.15) is 71.2 Å². The van der Waals surface area contributed by atoms with E-state index in [0.717, 1.165) is 30.1 Å². The Hall–Kier alpha value is -2.58. The molecule has 3 heterocycles. The standard InChI is InChI=1S/C24H30N4O4/c29-19-5-4-18(21(30)27-19)28-22(31)17-3-1-2-16(20(17)23(28)32)13-26-12-15-6-8-24(9-7-15)10-11-25-14-24/h1-3,15,18,25-26H,4-14H2,(H,27,29,30). The molecule has 1 atom stereocenters. The molecule has 5 rings (SSSR count). The molecule has 8 nitrogen and oxygen atoms in total. The monoisotopic (exact) mass is 438 g/mol. The molecule has 1 unspecified atom stereocenters. The van der Waals surface area contributed by atoms with Crippen molar-refractivity contribution in [2.45, 2.75) is 57.5 Å². The summed E-state index contributed by atoms with van der Waals surface area (Å²) in [5.41, 5.74) is 2.02. The Balaban J connectivity index is 1.23. The van der Waals surface area contributed by atoms with Gasteiger partial charge in [0.2, 0.25) is 11.8 Å². The molecule has 0 aromatic heterocycles. The summed E-state index contributed by atoms with van der Waals surface area (Å²) in [5.74, 6) is -1.21. The number of hydrogen-bond donors (Lipinski definition) is 3. The second-order valence-electron chi connectivity index (χ2n) is 9.79. The molecule has 4 amide bonds. The van der Waals surface area contributed by atoms with Crippen LogP contribution in [0.5, 0.6) is 0 Å². The molecule has 3 fully saturated rings. The van der Waals surface area contributed by atoms with Crippen LogP contribution >= 0.6 is 0 Å². The van der Waals surface area contributed by atoms with Gasteiger partial charge in [0.1, 0.15) is 6.04 Å². The minimum absolute atomic E-state index is 0.122. The molecule has 0 radical (unpaired) electrons. The predicted octanol–water partition coefficient (Wildman–Crippen LogP) is 1.35. The van der Waals surface area contributed by atoms with Gasteiger partial charge in [0.05, 0.1) is 11.1 Å². The maximum Gasteiger partial charge on any atom is 0.262 e. The lowest BCUT2D eigenvalue weighted by molar-refractivity contribution is -0.136. The predicted molar refractivity (Wildman–Crippen MR) is 117 cm³/mol. The Kier molecular flexibility index (Phi) is 5.59. The summed E-state index contributed by atoms with van der Waals surface area (Å²) in [4.78, 5) is 50.9. The summed E-state index contributed by atoms with van der Waals surface area (Å²) < 4.78 is 0. The van der Waals surface area contributed by atoms with Crippen LogP contribution in [0.25, 0.3) is 0 Å². The summed E-state index contributed by atoms with van der Waals surface area (Å²) in [6.07, 6.45) is 6.59. The highest BCUT2D eigenvalue weighted by molar-refractivity contribution is 6.24. The summed E-state index contributed by atoms with van der Waals surface area (Å²) in [6.45, 7) is 3.70. The third-order valence-corrected chi connectivity index (χ3v) is 7.80. The number of imide groups is 2. The molecular weight excluding hydrogens is 408 g/mol. The highest BCUT2D eigenvalue weighted by Gasteiger charge is 2.45. The van der Waals surface area contributed by atoms with Gasteiger partial charge >= 0.3 is 0 Å². The third kappa shape index (κ3) is 3.75. The average Bonchev–Trinajstić information content (AvgIpc) is 3.34. The number of carbonyl (C=O) groups excluding carboxylic acids is 4. The van der Waals surface area contributed by atoms with Crippen molar-refractivity contribution in [1.82, 2.24) is 20.9 Å². The second-order valence-corrected chi connectivity index (χ2v) is 9.79. The number of amides is 4. The van der Waals surface area contributed by atoms with E-state index in [1.54, 1.807) is 12.1 Å². The van der Waals surface area contributed by atoms with Gasteiger partial charge in [-0.3, -0.25) is 29.4 Å². The van der Waals surface area contributed by atoms with Crippen molar-refractivity contribution in [3.63, 3.8) is 0 Å². The van der Waals surface area contributed by atoms with Gasteiger partial charge in [-0.25, -0.2) is 0 Å². The van der Waals surface area contributed by atoms with Crippen LogP contribution in [0.3, 0.4) is 0 Å². The van der Waals surface area contributed by atoms with E-state index in [9.17, 15) is 19.2 Å². The number of nitrogens with one attached hydrogen (secondary N) is 3.